The van der Waals surface area contributed by atoms with Gasteiger partial charge in [-0.2, -0.15) is 0 Å². The maximum Gasteiger partial charge on any atom is 0.248 e. The fourth-order valence-corrected chi connectivity index (χ4v) is 13.8. The van der Waals surface area contributed by atoms with E-state index in [-0.39, 0.29) is 28.3 Å². The molecule has 0 radical (unpaired) electrons. The van der Waals surface area contributed by atoms with E-state index in [1.807, 2.05) is 0 Å². The third-order valence-corrected chi connectivity index (χ3v) is 19.3. The smallest absolute Gasteiger partial charge is 0.248 e. The molecule has 14 heteroatoms. The number of anilines is 1. The molecule has 2 saturated heterocycles. The molecule has 1 aliphatic carbocycles. The minimum Gasteiger partial charge on any atom is -0.408 e. The first-order chi connectivity index (χ1) is 18.5. The van der Waals surface area contributed by atoms with Gasteiger partial charge in [-0.1, -0.05) is 44.3 Å². The molecule has 1 saturated carbocycles. The van der Waals surface area contributed by atoms with Crippen molar-refractivity contribution in [2.24, 2.45) is 5.92 Å². The summed E-state index contributed by atoms with van der Waals surface area (Å²) >= 11 is 7.64. The van der Waals surface area contributed by atoms with Gasteiger partial charge in [-0.3, -0.25) is 4.57 Å². The summed E-state index contributed by atoms with van der Waals surface area (Å²) < 4.78 is 43.7. The average Bonchev–Trinajstić information content (AvgIpc) is 3.48. The van der Waals surface area contributed by atoms with E-state index < -0.39 is 38.6 Å². The van der Waals surface area contributed by atoms with Crippen LogP contribution in [0.2, 0.25) is 18.1 Å². The first kappa shape index (κ1) is 30.5. The Hall–Kier alpha value is -0.923. The van der Waals surface area contributed by atoms with Crippen molar-refractivity contribution in [1.82, 2.24) is 19.5 Å². The molecular formula is C26H41FN5O4PS2Si. The lowest BCUT2D eigenvalue weighted by Gasteiger charge is -2.39. The number of fused-ring (bicyclic) bond motifs is 2. The Morgan fingerprint density at radius 3 is 2.77 bits per heavy atom. The molecule has 4 heterocycles. The molecule has 3 fully saturated rings. The van der Waals surface area contributed by atoms with Crippen molar-refractivity contribution >= 4 is 54.2 Å². The molecule has 0 spiro atoms. The summed E-state index contributed by atoms with van der Waals surface area (Å²) in [5.74, 6) is 0.653. The van der Waals surface area contributed by atoms with Gasteiger partial charge in [-0.25, -0.2) is 19.3 Å². The molecule has 0 bridgehead atoms. The molecule has 2 aromatic rings. The van der Waals surface area contributed by atoms with E-state index in [2.05, 4.69) is 69.2 Å². The molecule has 0 aromatic carbocycles. The summed E-state index contributed by atoms with van der Waals surface area (Å²) in [6.07, 6.45) is 1.71. The van der Waals surface area contributed by atoms with Crippen LogP contribution in [0.15, 0.2) is 24.8 Å². The van der Waals surface area contributed by atoms with Crippen LogP contribution >= 0.6 is 17.1 Å². The zero-order chi connectivity index (χ0) is 29.3. The van der Waals surface area contributed by atoms with Crippen molar-refractivity contribution < 1.29 is 22.6 Å². The lowest BCUT2D eigenvalue weighted by molar-refractivity contribution is -0.0405. The predicted octanol–water partition coefficient (Wildman–Crippen LogP) is 6.54. The Morgan fingerprint density at radius 2 is 2.10 bits per heavy atom. The second kappa shape index (κ2) is 10.7. The maximum atomic E-state index is 16.4. The van der Waals surface area contributed by atoms with Crippen LogP contribution in [0.3, 0.4) is 0 Å². The number of nitrogens with two attached hydrogens (primary N) is 1. The van der Waals surface area contributed by atoms with Crippen molar-refractivity contribution in [2.75, 3.05) is 12.3 Å². The molecule has 222 valence electrons. The van der Waals surface area contributed by atoms with Gasteiger partial charge in [0.1, 0.15) is 24.1 Å². The van der Waals surface area contributed by atoms with E-state index in [1.54, 1.807) is 15.9 Å². The van der Waals surface area contributed by atoms with E-state index in [0.29, 0.717) is 17.1 Å². The van der Waals surface area contributed by atoms with E-state index in [1.165, 1.54) is 18.2 Å². The number of hydrogen-bond acceptors (Lipinski definition) is 10. The summed E-state index contributed by atoms with van der Waals surface area (Å²) in [6.45, 7) is 19.1. The standard InChI is InChI=1S/C26H41FN5O4PS2Si/c1-15(2)16-9-10-26(6)18(11-16)35-37(38,39-26)33-12-17-21(36-40(7,8)25(3,4)5)19(27)24(34-17)32-14-31-20-22(28)29-13-30-23(20)32/h13-14,16-19,21,24H,1,9-12H2,2-8H3,(H2,28,29,30)/t16-,17+,18+,19+,21+,24+,26+,37+/m0/s1. The first-order valence-corrected chi connectivity index (χ1v) is 20.7. The van der Waals surface area contributed by atoms with Crippen molar-refractivity contribution in [3.8, 4) is 0 Å². The second-order valence-electron chi connectivity index (χ2n) is 13.0. The summed E-state index contributed by atoms with van der Waals surface area (Å²) in [5.41, 5.74) is 5.27. The Kier molecular flexibility index (Phi) is 8.14. The van der Waals surface area contributed by atoms with Gasteiger partial charge in [0, 0.05) is 4.75 Å². The normalized spacial score (nSPS) is 36.7. The van der Waals surface area contributed by atoms with Gasteiger partial charge in [0.25, 0.3) is 0 Å². The van der Waals surface area contributed by atoms with Crippen LogP contribution in [0.4, 0.5) is 10.2 Å². The number of nitrogens with zero attached hydrogens (tertiary/aromatic N) is 4. The number of allylic oxidation sites excluding steroid dienone is 1. The topological polar surface area (TPSA) is 107 Å². The number of halogens is 1. The third-order valence-electron chi connectivity index (χ3n) is 9.00. The van der Waals surface area contributed by atoms with E-state index in [4.69, 9.17) is 35.8 Å². The lowest BCUT2D eigenvalue weighted by Crippen LogP contribution is -2.49. The highest BCUT2D eigenvalue weighted by atomic mass is 32.9. The highest BCUT2D eigenvalue weighted by Crippen LogP contribution is 2.75. The molecule has 8 atom stereocenters. The van der Waals surface area contributed by atoms with Gasteiger partial charge in [-0.15, -0.1) is 0 Å². The van der Waals surface area contributed by atoms with Crippen LogP contribution in [-0.2, 0) is 30.0 Å². The van der Waals surface area contributed by atoms with Crippen LogP contribution in [0, 0.1) is 5.92 Å². The number of nitrogen functional groups attached to an aromatic ring is 1. The van der Waals surface area contributed by atoms with Gasteiger partial charge in [0.05, 0.1) is 19.0 Å². The van der Waals surface area contributed by atoms with Crippen LogP contribution in [0.25, 0.3) is 11.2 Å². The molecule has 0 unspecified atom stereocenters. The van der Waals surface area contributed by atoms with Crippen LogP contribution in [-0.4, -0.2) is 63.7 Å². The summed E-state index contributed by atoms with van der Waals surface area (Å²) in [7, 11) is -2.37. The third kappa shape index (κ3) is 5.57. The second-order valence-corrected chi connectivity index (χ2v) is 24.4. The highest BCUT2D eigenvalue weighted by molar-refractivity contribution is 8.68. The van der Waals surface area contributed by atoms with Crippen molar-refractivity contribution in [3.63, 3.8) is 0 Å². The number of aromatic nitrogens is 4. The van der Waals surface area contributed by atoms with Crippen molar-refractivity contribution in [2.45, 2.75) is 107 Å². The van der Waals surface area contributed by atoms with Gasteiger partial charge in [0.2, 0.25) is 5.69 Å². The predicted molar refractivity (Wildman–Crippen MR) is 164 cm³/mol. The molecule has 2 aromatic heterocycles. The maximum absolute atomic E-state index is 16.4. The fraction of sp³-hybridized carbons (Fsp3) is 0.731. The summed E-state index contributed by atoms with van der Waals surface area (Å²) in [4.78, 5) is 12.6. The lowest BCUT2D eigenvalue weighted by atomic mass is 9.77. The molecule has 9 nitrogen and oxygen atoms in total. The van der Waals surface area contributed by atoms with Gasteiger partial charge in [-0.05, 0) is 69.0 Å². The van der Waals surface area contributed by atoms with Crippen molar-refractivity contribution in [3.05, 3.63) is 24.8 Å². The Morgan fingerprint density at radius 1 is 1.38 bits per heavy atom. The van der Waals surface area contributed by atoms with Crippen LogP contribution in [0.5, 0.6) is 0 Å². The Bertz CT molecular complexity index is 1340. The molecule has 40 heavy (non-hydrogen) atoms. The Balaban J connectivity index is 1.38. The summed E-state index contributed by atoms with van der Waals surface area (Å²) in [5, 5.41) is -0.125. The minimum atomic E-state index is -2.69. The quantitative estimate of drug-likeness (QED) is 0.206. The number of alkyl halides is 1. The Labute approximate surface area is 246 Å². The van der Waals surface area contributed by atoms with E-state index in [0.717, 1.165) is 19.3 Å². The number of ether oxygens (including phenoxy) is 1. The highest BCUT2D eigenvalue weighted by Gasteiger charge is 2.55. The molecule has 3 aliphatic rings. The SMILES string of the molecule is C=C(C)[C@H]1CC[C@@]2(C)S[P@](=S)(OC[C@H]3O[C@@H](n4cnc5c(N)ncnc54)[C@H](F)[C@@H]3O[Si](C)(C)C(C)(C)C)O[C@@H]2C1. The zero-order valence-corrected chi connectivity index (χ0v) is 27.8. The van der Waals surface area contributed by atoms with Gasteiger partial charge >= 0.3 is 0 Å². The summed E-state index contributed by atoms with van der Waals surface area (Å²) in [6, 6.07) is 0. The monoisotopic (exact) mass is 629 g/mol. The van der Waals surface area contributed by atoms with Gasteiger partial charge in [0.15, 0.2) is 32.2 Å². The average molecular weight is 630 g/mol. The fourth-order valence-electron chi connectivity index (χ4n) is 5.37. The first-order valence-electron chi connectivity index (χ1n) is 13.7. The van der Waals surface area contributed by atoms with Crippen LogP contribution in [0.1, 0.15) is 60.1 Å². The number of imidazole rings is 1. The van der Waals surface area contributed by atoms with Crippen LogP contribution < -0.4 is 5.73 Å². The zero-order valence-electron chi connectivity index (χ0n) is 24.3. The number of hydrogen-bond donors (Lipinski definition) is 1. The minimum absolute atomic E-state index is 0.00619. The largest absolute Gasteiger partial charge is 0.408 e. The van der Waals surface area contributed by atoms with Gasteiger partial charge < -0.3 is 23.9 Å². The molecule has 2 aliphatic heterocycles. The molecule has 0 amide bonds. The molecular weight excluding hydrogens is 589 g/mol. The van der Waals surface area contributed by atoms with Crippen molar-refractivity contribution in [1.29, 1.82) is 0 Å². The number of rotatable bonds is 7. The van der Waals surface area contributed by atoms with E-state index in [9.17, 15) is 0 Å². The molecule has 5 rings (SSSR count). The molecule has 2 N–H and O–H groups in total. The van der Waals surface area contributed by atoms with E-state index >= 15 is 4.39 Å².